The summed E-state index contributed by atoms with van der Waals surface area (Å²) < 4.78 is 46.5. The first-order valence-electron chi connectivity index (χ1n) is 7.87. The predicted molar refractivity (Wildman–Crippen MR) is 94.9 cm³/mol. The number of benzene rings is 2. The largest absolute Gasteiger partial charge is 0.493 e. The van der Waals surface area contributed by atoms with E-state index in [0.717, 1.165) is 5.75 Å². The summed E-state index contributed by atoms with van der Waals surface area (Å²) in [5, 5.41) is 3.18. The van der Waals surface area contributed by atoms with Crippen LogP contribution in [-0.4, -0.2) is 33.0 Å². The Balaban J connectivity index is 0.00000243. The molecule has 2 aromatic carbocycles. The number of methoxy groups -OCH3 is 1. The molecule has 2 aromatic rings. The predicted octanol–water partition coefficient (Wildman–Crippen LogP) is 3.65. The van der Waals surface area contributed by atoms with Crippen molar-refractivity contribution in [1.29, 1.82) is 0 Å². The van der Waals surface area contributed by atoms with E-state index in [2.05, 4.69) is 10.1 Å². The fraction of sp³-hybridized carbons (Fsp3) is 0.333. The molecule has 1 heterocycles. The van der Waals surface area contributed by atoms with Gasteiger partial charge in [0.1, 0.15) is 12.7 Å². The van der Waals surface area contributed by atoms with Crippen LogP contribution in [0.4, 0.5) is 8.78 Å². The number of ether oxygens (including phenoxy) is 4. The Morgan fingerprint density at radius 3 is 2.65 bits per heavy atom. The normalized spacial score (nSPS) is 15.3. The molecule has 1 aliphatic heterocycles. The molecule has 0 saturated heterocycles. The lowest BCUT2D eigenvalue weighted by molar-refractivity contribution is -0.0519. The molecule has 0 bridgehead atoms. The van der Waals surface area contributed by atoms with Gasteiger partial charge in [0, 0.05) is 18.7 Å². The van der Waals surface area contributed by atoms with Gasteiger partial charge in [0.05, 0.1) is 7.11 Å². The molecule has 26 heavy (non-hydrogen) atoms. The minimum Gasteiger partial charge on any atom is -0.493 e. The van der Waals surface area contributed by atoms with Crippen LogP contribution in [0.1, 0.15) is 5.56 Å². The highest BCUT2D eigenvalue weighted by atomic mass is 35.5. The molecule has 0 fully saturated rings. The molecule has 0 amide bonds. The van der Waals surface area contributed by atoms with Crippen LogP contribution in [0, 0.1) is 0 Å². The van der Waals surface area contributed by atoms with Crippen molar-refractivity contribution in [3.63, 3.8) is 0 Å². The van der Waals surface area contributed by atoms with Gasteiger partial charge in [-0.25, -0.2) is 0 Å². The zero-order valence-corrected chi connectivity index (χ0v) is 14.9. The maximum atomic E-state index is 12.6. The molecule has 142 valence electrons. The Labute approximate surface area is 156 Å². The van der Waals surface area contributed by atoms with Crippen molar-refractivity contribution >= 4 is 12.4 Å². The number of nitrogens with one attached hydrogen (secondary N) is 1. The third kappa shape index (κ3) is 4.89. The van der Waals surface area contributed by atoms with Crippen molar-refractivity contribution < 1.29 is 27.7 Å². The smallest absolute Gasteiger partial charge is 0.387 e. The lowest BCUT2D eigenvalue weighted by Gasteiger charge is -2.26. The van der Waals surface area contributed by atoms with Crippen molar-refractivity contribution in [2.75, 3.05) is 20.3 Å². The average Bonchev–Trinajstić information content (AvgIpc) is 2.62. The second kappa shape index (κ2) is 9.45. The van der Waals surface area contributed by atoms with E-state index >= 15 is 0 Å². The van der Waals surface area contributed by atoms with Crippen LogP contribution >= 0.6 is 12.4 Å². The van der Waals surface area contributed by atoms with E-state index in [9.17, 15) is 8.78 Å². The number of fused-ring (bicyclic) bond motifs is 1. The van der Waals surface area contributed by atoms with Gasteiger partial charge in [0.2, 0.25) is 0 Å². The average molecular weight is 388 g/mol. The molecule has 0 spiro atoms. The van der Waals surface area contributed by atoms with Gasteiger partial charge < -0.3 is 24.3 Å². The second-order valence-corrected chi connectivity index (χ2v) is 5.46. The summed E-state index contributed by atoms with van der Waals surface area (Å²) in [6, 6.07) is 12.5. The van der Waals surface area contributed by atoms with Crippen LogP contribution in [-0.2, 0) is 6.54 Å². The van der Waals surface area contributed by atoms with Crippen LogP contribution < -0.4 is 24.3 Å². The molecule has 8 heteroatoms. The second-order valence-electron chi connectivity index (χ2n) is 5.46. The molecule has 0 saturated carbocycles. The Bertz CT molecular complexity index is 717. The highest BCUT2D eigenvalue weighted by Crippen LogP contribution is 2.33. The van der Waals surface area contributed by atoms with Crippen LogP contribution in [0.5, 0.6) is 23.0 Å². The molecule has 1 atom stereocenters. The number of hydrogen-bond acceptors (Lipinski definition) is 5. The Morgan fingerprint density at radius 2 is 1.92 bits per heavy atom. The van der Waals surface area contributed by atoms with Crippen LogP contribution in [0.15, 0.2) is 42.5 Å². The van der Waals surface area contributed by atoms with Crippen molar-refractivity contribution in [1.82, 2.24) is 5.32 Å². The SMILES string of the molecule is COc1cccc(CNCC2COc3ccccc3O2)c1OC(F)F.Cl. The summed E-state index contributed by atoms with van der Waals surface area (Å²) in [6.07, 6.45) is -0.167. The Morgan fingerprint density at radius 1 is 1.15 bits per heavy atom. The summed E-state index contributed by atoms with van der Waals surface area (Å²) in [4.78, 5) is 0. The molecule has 0 aromatic heterocycles. The molecule has 5 nitrogen and oxygen atoms in total. The third-order valence-corrected chi connectivity index (χ3v) is 3.74. The van der Waals surface area contributed by atoms with Crippen LogP contribution in [0.2, 0.25) is 0 Å². The monoisotopic (exact) mass is 387 g/mol. The van der Waals surface area contributed by atoms with Gasteiger partial charge in [-0.2, -0.15) is 8.78 Å². The molecule has 1 aliphatic rings. The van der Waals surface area contributed by atoms with Gasteiger partial charge in [0.15, 0.2) is 23.0 Å². The van der Waals surface area contributed by atoms with E-state index in [-0.39, 0.29) is 30.0 Å². The topological polar surface area (TPSA) is 49.0 Å². The van der Waals surface area contributed by atoms with Crippen molar-refractivity contribution in [3.05, 3.63) is 48.0 Å². The number of alkyl halides is 2. The van der Waals surface area contributed by atoms with E-state index in [1.807, 2.05) is 24.3 Å². The van der Waals surface area contributed by atoms with Gasteiger partial charge in [-0.05, 0) is 18.2 Å². The maximum absolute atomic E-state index is 12.6. The molecule has 0 radical (unpaired) electrons. The summed E-state index contributed by atoms with van der Waals surface area (Å²) in [5.74, 6) is 1.73. The van der Waals surface area contributed by atoms with Gasteiger partial charge in [-0.15, -0.1) is 12.4 Å². The number of hydrogen-bond donors (Lipinski definition) is 1. The highest BCUT2D eigenvalue weighted by Gasteiger charge is 2.21. The van der Waals surface area contributed by atoms with Gasteiger partial charge in [-0.3, -0.25) is 0 Å². The minimum absolute atomic E-state index is 0. The molecule has 0 aliphatic carbocycles. The number of rotatable bonds is 7. The molecular formula is C18H20ClF2NO4. The fourth-order valence-electron chi connectivity index (χ4n) is 2.62. The standard InChI is InChI=1S/C18H19F2NO4.ClH/c1-22-16-8-4-5-12(17(16)25-18(19)20)9-21-10-13-11-23-14-6-2-3-7-15(14)24-13;/h2-8,13,18,21H,9-11H2,1H3;1H. The zero-order valence-electron chi connectivity index (χ0n) is 14.1. The first-order chi connectivity index (χ1) is 12.2. The van der Waals surface area contributed by atoms with E-state index < -0.39 is 6.61 Å². The maximum Gasteiger partial charge on any atom is 0.387 e. The summed E-state index contributed by atoms with van der Waals surface area (Å²) in [6.45, 7) is -1.66. The molecule has 3 rings (SSSR count). The highest BCUT2D eigenvalue weighted by molar-refractivity contribution is 5.85. The molecule has 1 N–H and O–H groups in total. The fourth-order valence-corrected chi connectivity index (χ4v) is 2.62. The third-order valence-electron chi connectivity index (χ3n) is 3.74. The number of halogens is 3. The van der Waals surface area contributed by atoms with E-state index in [1.165, 1.54) is 7.11 Å². The van der Waals surface area contributed by atoms with E-state index in [1.54, 1.807) is 18.2 Å². The molecule has 1 unspecified atom stereocenters. The zero-order chi connectivity index (χ0) is 17.6. The van der Waals surface area contributed by atoms with Crippen molar-refractivity contribution in [2.45, 2.75) is 19.3 Å². The number of para-hydroxylation sites is 3. The first kappa shape index (κ1) is 20.1. The minimum atomic E-state index is -2.92. The quantitative estimate of drug-likeness (QED) is 0.786. The van der Waals surface area contributed by atoms with Crippen LogP contribution in [0.3, 0.4) is 0 Å². The van der Waals surface area contributed by atoms with Crippen LogP contribution in [0.25, 0.3) is 0 Å². The first-order valence-corrected chi connectivity index (χ1v) is 7.87. The summed E-state index contributed by atoms with van der Waals surface area (Å²) in [7, 11) is 1.41. The summed E-state index contributed by atoms with van der Waals surface area (Å²) >= 11 is 0. The lowest BCUT2D eigenvalue weighted by atomic mass is 10.1. The van der Waals surface area contributed by atoms with E-state index in [4.69, 9.17) is 14.2 Å². The Kier molecular flexibility index (Phi) is 7.29. The van der Waals surface area contributed by atoms with Crippen molar-refractivity contribution in [2.24, 2.45) is 0 Å². The molecular weight excluding hydrogens is 368 g/mol. The Hall–Kier alpha value is -2.25. The van der Waals surface area contributed by atoms with Crippen molar-refractivity contribution in [3.8, 4) is 23.0 Å². The van der Waals surface area contributed by atoms with Gasteiger partial charge >= 0.3 is 6.61 Å². The van der Waals surface area contributed by atoms with E-state index in [0.29, 0.717) is 31.0 Å². The van der Waals surface area contributed by atoms with Gasteiger partial charge in [0.25, 0.3) is 0 Å². The lowest BCUT2D eigenvalue weighted by Crippen LogP contribution is -2.38. The van der Waals surface area contributed by atoms with Gasteiger partial charge in [-0.1, -0.05) is 24.3 Å². The summed E-state index contributed by atoms with van der Waals surface area (Å²) in [5.41, 5.74) is 0.580.